The highest BCUT2D eigenvalue weighted by molar-refractivity contribution is 7.20. The van der Waals surface area contributed by atoms with E-state index in [0.29, 0.717) is 32.0 Å². The number of rotatable bonds is 2. The summed E-state index contributed by atoms with van der Waals surface area (Å²) in [7, 11) is 0. The van der Waals surface area contributed by atoms with Gasteiger partial charge in [-0.05, 0) is 43.7 Å². The summed E-state index contributed by atoms with van der Waals surface area (Å²) in [6.07, 6.45) is -4.60. The first-order valence-corrected chi connectivity index (χ1v) is 10.1. The lowest BCUT2D eigenvalue weighted by Crippen LogP contribution is -2.09. The first-order chi connectivity index (χ1) is 14.7. The van der Waals surface area contributed by atoms with Crippen molar-refractivity contribution in [1.82, 2.24) is 19.7 Å². The average Bonchev–Trinajstić information content (AvgIpc) is 3.29. The Morgan fingerprint density at radius 2 is 1.68 bits per heavy atom. The van der Waals surface area contributed by atoms with Crippen molar-refractivity contribution in [2.24, 2.45) is 0 Å². The number of fused-ring (bicyclic) bond motifs is 2. The van der Waals surface area contributed by atoms with Crippen molar-refractivity contribution < 1.29 is 17.6 Å². The van der Waals surface area contributed by atoms with Crippen LogP contribution in [0, 0.1) is 19.7 Å². The Kier molecular flexibility index (Phi) is 4.33. The minimum absolute atomic E-state index is 0.0578. The number of nitrogens with zero attached hydrogens (tertiary/aromatic N) is 4. The molecule has 2 aromatic carbocycles. The fourth-order valence-electron chi connectivity index (χ4n) is 3.47. The summed E-state index contributed by atoms with van der Waals surface area (Å²) in [6, 6.07) is 12.7. The predicted octanol–water partition coefficient (Wildman–Crippen LogP) is 6.47. The lowest BCUT2D eigenvalue weighted by Gasteiger charge is -2.08. The second-order valence-electron chi connectivity index (χ2n) is 7.26. The molecule has 0 fully saturated rings. The summed E-state index contributed by atoms with van der Waals surface area (Å²) >= 11 is 1.14. The Morgan fingerprint density at radius 3 is 2.39 bits per heavy atom. The summed E-state index contributed by atoms with van der Waals surface area (Å²) in [5.74, 6) is -0.415. The molecule has 0 unspecified atom stereocenters. The van der Waals surface area contributed by atoms with Crippen LogP contribution < -0.4 is 0 Å². The third-order valence-electron chi connectivity index (χ3n) is 4.97. The average molecular weight is 442 g/mol. The van der Waals surface area contributed by atoms with Crippen LogP contribution in [-0.4, -0.2) is 19.7 Å². The van der Waals surface area contributed by atoms with Gasteiger partial charge in [0.25, 0.3) is 0 Å². The summed E-state index contributed by atoms with van der Waals surface area (Å²) in [5.41, 5.74) is 2.32. The highest BCUT2D eigenvalue weighted by Gasteiger charge is 2.34. The fourth-order valence-corrected chi connectivity index (χ4v) is 4.41. The Morgan fingerprint density at radius 1 is 0.935 bits per heavy atom. The van der Waals surface area contributed by atoms with Gasteiger partial charge in [-0.15, -0.1) is 0 Å². The van der Waals surface area contributed by atoms with Gasteiger partial charge in [-0.25, -0.2) is 14.4 Å². The van der Waals surface area contributed by atoms with Crippen LogP contribution in [0.25, 0.3) is 37.6 Å². The molecule has 0 radical (unpaired) electrons. The third kappa shape index (κ3) is 3.34. The van der Waals surface area contributed by atoms with Crippen molar-refractivity contribution >= 4 is 32.6 Å². The topological polar surface area (TPSA) is 43.6 Å². The third-order valence-corrected chi connectivity index (χ3v) is 5.96. The van der Waals surface area contributed by atoms with Crippen LogP contribution >= 0.6 is 11.3 Å². The molecule has 9 heteroatoms. The monoisotopic (exact) mass is 442 g/mol. The summed E-state index contributed by atoms with van der Waals surface area (Å²) in [4.78, 5) is 8.35. The lowest BCUT2D eigenvalue weighted by molar-refractivity contribution is -0.141. The van der Waals surface area contributed by atoms with Crippen LogP contribution in [0.1, 0.15) is 16.8 Å². The first-order valence-electron chi connectivity index (χ1n) is 9.32. The molecule has 5 rings (SSSR count). The van der Waals surface area contributed by atoms with Gasteiger partial charge in [0.2, 0.25) is 5.13 Å². The zero-order chi connectivity index (χ0) is 21.9. The predicted molar refractivity (Wildman–Crippen MR) is 112 cm³/mol. The van der Waals surface area contributed by atoms with Crippen LogP contribution in [0.4, 0.5) is 17.6 Å². The number of aromatic nitrogens is 4. The highest BCUT2D eigenvalue weighted by atomic mass is 32.1. The Balaban J connectivity index is 1.83. The highest BCUT2D eigenvalue weighted by Crippen LogP contribution is 2.37. The van der Waals surface area contributed by atoms with E-state index in [-0.39, 0.29) is 5.65 Å². The minimum Gasteiger partial charge on any atom is -0.223 e. The SMILES string of the molecule is Cc1ccc(-c2nn(-c3nc4ccc(F)cc4s3)c3nc(C(F)(F)F)cc(C)c23)cc1. The van der Waals surface area contributed by atoms with E-state index in [1.54, 1.807) is 6.92 Å². The molecule has 0 amide bonds. The molecule has 3 heterocycles. The largest absolute Gasteiger partial charge is 0.433 e. The summed E-state index contributed by atoms with van der Waals surface area (Å²) in [5, 5.41) is 5.43. The molecule has 3 aromatic heterocycles. The number of pyridine rings is 1. The minimum atomic E-state index is -4.60. The molecule has 0 spiro atoms. The van der Waals surface area contributed by atoms with Gasteiger partial charge in [-0.1, -0.05) is 41.2 Å². The maximum atomic E-state index is 13.6. The van der Waals surface area contributed by atoms with E-state index in [4.69, 9.17) is 0 Å². The summed E-state index contributed by atoms with van der Waals surface area (Å²) in [6.45, 7) is 3.56. The van der Waals surface area contributed by atoms with Gasteiger partial charge in [-0.2, -0.15) is 23.0 Å². The van der Waals surface area contributed by atoms with Crippen molar-refractivity contribution in [1.29, 1.82) is 0 Å². The van der Waals surface area contributed by atoms with Crippen LogP contribution in [0.2, 0.25) is 0 Å². The quantitative estimate of drug-likeness (QED) is 0.294. The molecular weight excluding hydrogens is 428 g/mol. The lowest BCUT2D eigenvalue weighted by atomic mass is 10.0. The van der Waals surface area contributed by atoms with Crippen LogP contribution in [0.15, 0.2) is 48.5 Å². The fraction of sp³-hybridized carbons (Fsp3) is 0.136. The molecule has 0 atom stereocenters. The normalized spacial score (nSPS) is 12.2. The van der Waals surface area contributed by atoms with Gasteiger partial charge in [0, 0.05) is 5.56 Å². The molecule has 0 bridgehead atoms. The second-order valence-corrected chi connectivity index (χ2v) is 8.26. The number of halogens is 4. The van der Waals surface area contributed by atoms with Gasteiger partial charge in [-0.3, -0.25) is 0 Å². The maximum absolute atomic E-state index is 13.6. The molecule has 0 aliphatic heterocycles. The number of thiazole rings is 1. The van der Waals surface area contributed by atoms with Gasteiger partial charge in [0.1, 0.15) is 17.2 Å². The van der Waals surface area contributed by atoms with Crippen LogP contribution in [0.3, 0.4) is 0 Å². The molecule has 0 N–H and O–H groups in total. The van der Waals surface area contributed by atoms with Gasteiger partial charge in [0.05, 0.1) is 15.6 Å². The number of hydrogen-bond acceptors (Lipinski definition) is 4. The molecule has 156 valence electrons. The van der Waals surface area contributed by atoms with Crippen molar-refractivity contribution in [3.63, 3.8) is 0 Å². The Labute approximate surface area is 177 Å². The number of alkyl halides is 3. The maximum Gasteiger partial charge on any atom is 0.433 e. The van der Waals surface area contributed by atoms with Crippen molar-refractivity contribution in [3.8, 4) is 16.4 Å². The molecule has 0 aliphatic rings. The Hall–Kier alpha value is -3.33. The molecule has 0 saturated heterocycles. The molecule has 5 aromatic rings. The van der Waals surface area contributed by atoms with Crippen LogP contribution in [0.5, 0.6) is 0 Å². The molecule has 0 aliphatic carbocycles. The zero-order valence-electron chi connectivity index (χ0n) is 16.3. The molecule has 4 nitrogen and oxygen atoms in total. The zero-order valence-corrected chi connectivity index (χ0v) is 17.1. The molecular formula is C22H14F4N4S. The van der Waals surface area contributed by atoms with Crippen LogP contribution in [-0.2, 0) is 6.18 Å². The van der Waals surface area contributed by atoms with Gasteiger partial charge >= 0.3 is 6.18 Å². The van der Waals surface area contributed by atoms with Gasteiger partial charge < -0.3 is 0 Å². The number of benzene rings is 2. The summed E-state index contributed by atoms with van der Waals surface area (Å²) < 4.78 is 55.9. The smallest absolute Gasteiger partial charge is 0.223 e. The van der Waals surface area contributed by atoms with E-state index < -0.39 is 17.7 Å². The van der Waals surface area contributed by atoms with Crippen molar-refractivity contribution in [2.75, 3.05) is 0 Å². The molecule has 0 saturated carbocycles. The number of hydrogen-bond donors (Lipinski definition) is 0. The standard InChI is InChI=1S/C22H14F4N4S/c1-11-3-5-13(6-4-11)19-18-12(2)9-17(22(24,25)26)28-20(18)30(29-19)21-27-15-8-7-14(23)10-16(15)31-21/h3-10H,1-2H3. The molecule has 31 heavy (non-hydrogen) atoms. The number of aryl methyl sites for hydroxylation is 2. The van der Waals surface area contributed by atoms with Crippen molar-refractivity contribution in [2.45, 2.75) is 20.0 Å². The van der Waals surface area contributed by atoms with E-state index in [9.17, 15) is 17.6 Å². The van der Waals surface area contributed by atoms with E-state index in [0.717, 1.165) is 28.5 Å². The first kappa shape index (κ1) is 19.6. The van der Waals surface area contributed by atoms with Gasteiger partial charge in [0.15, 0.2) is 5.65 Å². The van der Waals surface area contributed by atoms with E-state index in [1.807, 2.05) is 31.2 Å². The second kappa shape index (κ2) is 6.84. The van der Waals surface area contributed by atoms with E-state index in [2.05, 4.69) is 15.1 Å². The Bertz CT molecular complexity index is 1450. The van der Waals surface area contributed by atoms with Crippen molar-refractivity contribution in [3.05, 3.63) is 71.2 Å². The van der Waals surface area contributed by atoms with E-state index >= 15 is 0 Å². The van der Waals surface area contributed by atoms with E-state index in [1.165, 1.54) is 22.9 Å².